The second kappa shape index (κ2) is 8.14. The molecule has 8 nitrogen and oxygen atoms in total. The Kier molecular flexibility index (Phi) is 5.63. The molecule has 0 spiro atoms. The number of ether oxygens (including phenoxy) is 1. The first-order valence-electron chi connectivity index (χ1n) is 9.00. The maximum atomic E-state index is 12.8. The van der Waals surface area contributed by atoms with E-state index in [1.807, 2.05) is 6.07 Å². The Labute approximate surface area is 168 Å². The number of esters is 1. The molecule has 1 aliphatic rings. The fourth-order valence-electron chi connectivity index (χ4n) is 3.02. The largest absolute Gasteiger partial charge is 0.454 e. The maximum absolute atomic E-state index is 12.8. The quantitative estimate of drug-likeness (QED) is 0.593. The van der Waals surface area contributed by atoms with Gasteiger partial charge in [-0.1, -0.05) is 48.5 Å². The Bertz CT molecular complexity index is 932. The average Bonchev–Trinajstić information content (AvgIpc) is 2.96. The molecule has 1 N–H and O–H groups in total. The molecule has 3 rings (SSSR count). The van der Waals surface area contributed by atoms with Crippen LogP contribution < -0.4 is 10.2 Å². The van der Waals surface area contributed by atoms with Crippen molar-refractivity contribution in [3.05, 3.63) is 66.2 Å². The summed E-state index contributed by atoms with van der Waals surface area (Å²) in [6.07, 6.45) is 0. The Morgan fingerprint density at radius 2 is 1.62 bits per heavy atom. The van der Waals surface area contributed by atoms with E-state index in [1.54, 1.807) is 68.6 Å². The van der Waals surface area contributed by atoms with E-state index in [1.165, 1.54) is 4.90 Å². The number of likely N-dealkylation sites (N-methyl/N-ethyl adjacent to an activating group) is 1. The highest BCUT2D eigenvalue weighted by atomic mass is 16.5. The van der Waals surface area contributed by atoms with Crippen LogP contribution in [0, 0.1) is 0 Å². The molecule has 8 heteroatoms. The number of hydrogen-bond acceptors (Lipinski definition) is 5. The molecule has 1 aliphatic heterocycles. The Balaban J connectivity index is 1.59. The molecule has 0 bridgehead atoms. The molecule has 1 heterocycles. The molecule has 2 aromatic carbocycles. The minimum absolute atomic E-state index is 0.434. The molecule has 0 unspecified atom stereocenters. The first-order valence-corrected chi connectivity index (χ1v) is 9.00. The van der Waals surface area contributed by atoms with Gasteiger partial charge in [-0.05, 0) is 24.6 Å². The molecule has 2 aromatic rings. The summed E-state index contributed by atoms with van der Waals surface area (Å²) in [5, 5.41) is 2.61. The lowest BCUT2D eigenvalue weighted by molar-refractivity contribution is -0.150. The van der Waals surface area contributed by atoms with E-state index in [-0.39, 0.29) is 0 Å². The van der Waals surface area contributed by atoms with Crippen molar-refractivity contribution in [2.45, 2.75) is 12.5 Å². The zero-order valence-electron chi connectivity index (χ0n) is 16.1. The number of benzene rings is 2. The molecule has 1 saturated heterocycles. The normalized spacial score (nSPS) is 18.3. The summed E-state index contributed by atoms with van der Waals surface area (Å²) < 4.78 is 4.97. The molecule has 0 aromatic heterocycles. The van der Waals surface area contributed by atoms with Gasteiger partial charge in [0.1, 0.15) is 12.1 Å². The zero-order valence-corrected chi connectivity index (χ0v) is 16.1. The number of urea groups is 1. The maximum Gasteiger partial charge on any atom is 0.326 e. The predicted molar refractivity (Wildman–Crippen MR) is 105 cm³/mol. The van der Waals surface area contributed by atoms with Crippen molar-refractivity contribution < 1.29 is 23.9 Å². The number of amides is 4. The zero-order chi connectivity index (χ0) is 21.0. The third-order valence-corrected chi connectivity index (χ3v) is 4.79. The van der Waals surface area contributed by atoms with Gasteiger partial charge < -0.3 is 15.0 Å². The second-order valence-corrected chi connectivity index (χ2v) is 6.76. The predicted octanol–water partition coefficient (Wildman–Crippen LogP) is 1.66. The highest BCUT2D eigenvalue weighted by Gasteiger charge is 2.49. The first-order chi connectivity index (χ1) is 13.8. The Morgan fingerprint density at radius 3 is 2.24 bits per heavy atom. The second-order valence-electron chi connectivity index (χ2n) is 6.76. The van der Waals surface area contributed by atoms with Crippen molar-refractivity contribution in [1.82, 2.24) is 10.2 Å². The smallest absolute Gasteiger partial charge is 0.326 e. The molecular weight excluding hydrogens is 374 g/mol. The molecule has 4 amide bonds. The number of carbonyl (C=O) groups is 4. The van der Waals surface area contributed by atoms with Crippen LogP contribution in [0.4, 0.5) is 10.5 Å². The van der Waals surface area contributed by atoms with E-state index in [9.17, 15) is 19.2 Å². The average molecular weight is 395 g/mol. The number of carbonyl (C=O) groups excluding carboxylic acids is 4. The van der Waals surface area contributed by atoms with Gasteiger partial charge in [-0.25, -0.2) is 4.79 Å². The summed E-state index contributed by atoms with van der Waals surface area (Å²) in [5.74, 6) is -1.84. The van der Waals surface area contributed by atoms with Gasteiger partial charge in [0.25, 0.3) is 11.8 Å². The van der Waals surface area contributed by atoms with Gasteiger partial charge in [-0.15, -0.1) is 0 Å². The number of para-hydroxylation sites is 1. The van der Waals surface area contributed by atoms with Crippen molar-refractivity contribution in [3.8, 4) is 0 Å². The standard InChI is InChI=1S/C21H21N3O5/c1-21(15-9-5-3-6-10-15)19(27)24(20(28)22-21)13-18(26)29-14-17(25)23(2)16-11-7-4-8-12-16/h3-12H,13-14H2,1-2H3,(H,22,28)/t21-/m0/s1. The minimum atomic E-state index is -1.26. The van der Waals surface area contributed by atoms with E-state index in [0.717, 1.165) is 4.90 Å². The Morgan fingerprint density at radius 1 is 1.03 bits per heavy atom. The van der Waals surface area contributed by atoms with E-state index in [0.29, 0.717) is 11.3 Å². The molecule has 0 saturated carbocycles. The number of hydrogen-bond donors (Lipinski definition) is 1. The van der Waals surface area contributed by atoms with Crippen LogP contribution in [0.2, 0.25) is 0 Å². The van der Waals surface area contributed by atoms with Crippen LogP contribution >= 0.6 is 0 Å². The van der Waals surface area contributed by atoms with Crippen LogP contribution in [0.1, 0.15) is 12.5 Å². The van der Waals surface area contributed by atoms with Crippen molar-refractivity contribution >= 4 is 29.5 Å². The van der Waals surface area contributed by atoms with Crippen LogP contribution in [0.5, 0.6) is 0 Å². The summed E-state index contributed by atoms with van der Waals surface area (Å²) >= 11 is 0. The lowest BCUT2D eigenvalue weighted by Crippen LogP contribution is -2.42. The van der Waals surface area contributed by atoms with E-state index in [2.05, 4.69) is 5.32 Å². The number of anilines is 1. The van der Waals surface area contributed by atoms with Gasteiger partial charge in [0.15, 0.2) is 6.61 Å². The number of imide groups is 1. The number of nitrogens with zero attached hydrogens (tertiary/aromatic N) is 2. The Hall–Kier alpha value is -3.68. The minimum Gasteiger partial charge on any atom is -0.454 e. The monoisotopic (exact) mass is 395 g/mol. The molecule has 0 radical (unpaired) electrons. The van der Waals surface area contributed by atoms with Crippen molar-refractivity contribution in [1.29, 1.82) is 0 Å². The summed E-state index contributed by atoms with van der Waals surface area (Å²) in [4.78, 5) is 51.5. The SMILES string of the molecule is CN(C(=O)COC(=O)CN1C(=O)N[C@@](C)(c2ccccc2)C1=O)c1ccccc1. The van der Waals surface area contributed by atoms with Crippen LogP contribution in [0.25, 0.3) is 0 Å². The molecular formula is C21H21N3O5. The third-order valence-electron chi connectivity index (χ3n) is 4.79. The van der Waals surface area contributed by atoms with Gasteiger partial charge in [0.2, 0.25) is 0 Å². The van der Waals surface area contributed by atoms with E-state index in [4.69, 9.17) is 4.74 Å². The van der Waals surface area contributed by atoms with Gasteiger partial charge in [0, 0.05) is 12.7 Å². The third kappa shape index (κ3) is 4.11. The first kappa shape index (κ1) is 20.1. The van der Waals surface area contributed by atoms with Gasteiger partial charge >= 0.3 is 12.0 Å². The summed E-state index contributed by atoms with van der Waals surface area (Å²) in [5.41, 5.74) is -0.00253. The number of nitrogens with one attached hydrogen (secondary N) is 1. The van der Waals surface area contributed by atoms with Gasteiger partial charge in [0.05, 0.1) is 0 Å². The van der Waals surface area contributed by atoms with E-state index >= 15 is 0 Å². The summed E-state index contributed by atoms with van der Waals surface area (Å²) in [7, 11) is 1.56. The summed E-state index contributed by atoms with van der Waals surface area (Å²) in [6, 6.07) is 16.9. The lowest BCUT2D eigenvalue weighted by Gasteiger charge is -2.22. The fourth-order valence-corrected chi connectivity index (χ4v) is 3.02. The molecule has 150 valence electrons. The topological polar surface area (TPSA) is 96.0 Å². The van der Waals surface area contributed by atoms with Crippen LogP contribution in [-0.2, 0) is 24.7 Å². The van der Waals surface area contributed by atoms with Crippen LogP contribution in [-0.4, -0.2) is 48.9 Å². The van der Waals surface area contributed by atoms with Crippen molar-refractivity contribution in [2.75, 3.05) is 25.1 Å². The van der Waals surface area contributed by atoms with Crippen molar-refractivity contribution in [3.63, 3.8) is 0 Å². The van der Waals surface area contributed by atoms with E-state index < -0.39 is 42.5 Å². The molecule has 1 atom stereocenters. The molecule has 29 heavy (non-hydrogen) atoms. The highest BCUT2D eigenvalue weighted by molar-refractivity contribution is 6.09. The lowest BCUT2D eigenvalue weighted by atomic mass is 9.92. The van der Waals surface area contributed by atoms with Gasteiger partial charge in [-0.2, -0.15) is 0 Å². The van der Waals surface area contributed by atoms with Gasteiger partial charge in [-0.3, -0.25) is 19.3 Å². The fraction of sp³-hybridized carbons (Fsp3) is 0.238. The van der Waals surface area contributed by atoms with Crippen LogP contribution in [0.3, 0.4) is 0 Å². The van der Waals surface area contributed by atoms with Crippen LogP contribution in [0.15, 0.2) is 60.7 Å². The number of rotatable bonds is 6. The molecule has 0 aliphatic carbocycles. The summed E-state index contributed by atoms with van der Waals surface area (Å²) in [6.45, 7) is 0.505. The molecule has 1 fully saturated rings. The highest BCUT2D eigenvalue weighted by Crippen LogP contribution is 2.28. The van der Waals surface area contributed by atoms with Crippen molar-refractivity contribution in [2.24, 2.45) is 0 Å².